The summed E-state index contributed by atoms with van der Waals surface area (Å²) in [6, 6.07) is 0. The molecule has 0 aliphatic carbocycles. The van der Waals surface area contributed by atoms with Gasteiger partial charge < -0.3 is 30.0 Å². The minimum Gasteiger partial charge on any atom is -0.393 e. The molecule has 0 aliphatic rings. The second kappa shape index (κ2) is 20.1. The van der Waals surface area contributed by atoms with Crippen LogP contribution in [0.25, 0.3) is 0 Å². The van der Waals surface area contributed by atoms with Crippen molar-refractivity contribution in [1.82, 2.24) is 0 Å². The van der Waals surface area contributed by atoms with Gasteiger partial charge in [0.2, 0.25) is 0 Å². The van der Waals surface area contributed by atoms with Gasteiger partial charge in [-0.1, -0.05) is 69.6 Å². The van der Waals surface area contributed by atoms with Crippen LogP contribution in [-0.2, 0) is 0 Å². The lowest BCUT2D eigenvalue weighted by Gasteiger charge is -2.15. The predicted molar refractivity (Wildman–Crippen MR) is 125 cm³/mol. The Bertz CT molecular complexity index is 310. The molecule has 0 amide bonds. The van der Waals surface area contributed by atoms with Gasteiger partial charge >= 0.3 is 8.60 Å². The summed E-state index contributed by atoms with van der Waals surface area (Å²) in [5.74, 6) is 0. The topological polar surface area (TPSA) is 121 Å². The highest BCUT2D eigenvalue weighted by Crippen LogP contribution is 2.32. The van der Waals surface area contributed by atoms with Crippen molar-refractivity contribution >= 4 is 148 Å². The lowest BCUT2D eigenvalue weighted by atomic mass is 10.5. The summed E-state index contributed by atoms with van der Waals surface area (Å²) in [5, 5.41) is 25.0. The van der Waals surface area contributed by atoms with Crippen LogP contribution >= 0.6 is 148 Å². The molecule has 0 radical (unpaired) electrons. The van der Waals surface area contributed by atoms with Crippen molar-refractivity contribution in [3.05, 3.63) is 0 Å². The minimum absolute atomic E-state index is 0.451. The molecule has 0 spiro atoms. The van der Waals surface area contributed by atoms with Crippen molar-refractivity contribution in [2.75, 3.05) is 19.8 Å². The van der Waals surface area contributed by atoms with Crippen LogP contribution in [0.3, 0.4) is 0 Å². The van der Waals surface area contributed by atoms with Gasteiger partial charge in [-0.05, 0) is 0 Å². The van der Waals surface area contributed by atoms with E-state index in [2.05, 4.69) is 0 Å². The van der Waals surface area contributed by atoms with E-state index in [1.807, 2.05) is 0 Å². The van der Waals surface area contributed by atoms with E-state index in [1.54, 1.807) is 0 Å². The van der Waals surface area contributed by atoms with Crippen molar-refractivity contribution in [3.63, 3.8) is 0 Å². The van der Waals surface area contributed by atoms with Crippen LogP contribution in [0.2, 0.25) is 0 Å². The van der Waals surface area contributed by atoms with E-state index < -0.39 is 55.9 Å². The van der Waals surface area contributed by atoms with Crippen molar-refractivity contribution in [3.8, 4) is 0 Å². The fraction of sp³-hybridized carbons (Fsp3) is 1.00. The van der Waals surface area contributed by atoms with E-state index in [1.165, 1.54) is 0 Å². The van der Waals surface area contributed by atoms with Crippen molar-refractivity contribution < 1.29 is 30.0 Å². The van der Waals surface area contributed by atoms with Gasteiger partial charge in [-0.25, -0.2) is 0 Å². The molecular weight excluding hydrogens is 661 g/mol. The SMILES string of the molecule is OCC(Cl)(Cl)C(Cl)Cl.OCC(Cl)(Cl)C(Cl)Cl.OCC(Cl)(Cl)C(Cl)Cl.OP(O)O. The second-order valence-corrected chi connectivity index (χ2v) is 12.4. The number of halogens is 12. The number of aliphatic hydroxyl groups is 3. The number of hydrogen-bond donors (Lipinski definition) is 6. The molecule has 0 fully saturated rings. The summed E-state index contributed by atoms with van der Waals surface area (Å²) in [4.78, 5) is 18.8. The van der Waals surface area contributed by atoms with E-state index in [-0.39, 0.29) is 0 Å². The maximum atomic E-state index is 8.33. The highest BCUT2D eigenvalue weighted by atomic mass is 35.6. The Morgan fingerprint density at radius 2 is 0.607 bits per heavy atom. The van der Waals surface area contributed by atoms with Crippen LogP contribution in [-0.4, -0.2) is 77.3 Å². The highest BCUT2D eigenvalue weighted by molar-refractivity contribution is 7.38. The third-order valence-corrected chi connectivity index (χ3v) is 7.19. The van der Waals surface area contributed by atoms with Crippen LogP contribution in [0.1, 0.15) is 0 Å². The Morgan fingerprint density at radius 1 is 0.500 bits per heavy atom. The molecule has 0 aromatic carbocycles. The van der Waals surface area contributed by atoms with Gasteiger partial charge in [-0.15, -0.1) is 69.6 Å². The molecule has 6 N–H and O–H groups in total. The first-order chi connectivity index (χ1) is 12.2. The molecule has 0 saturated heterocycles. The normalized spacial score (nSPS) is 12.2. The van der Waals surface area contributed by atoms with Crippen LogP contribution in [0.4, 0.5) is 0 Å². The Balaban J connectivity index is -0.000000141. The van der Waals surface area contributed by atoms with Gasteiger partial charge in [-0.3, -0.25) is 0 Å². The van der Waals surface area contributed by atoms with Crippen LogP contribution in [0.15, 0.2) is 0 Å². The van der Waals surface area contributed by atoms with E-state index in [0.717, 1.165) is 0 Å². The summed E-state index contributed by atoms with van der Waals surface area (Å²) >= 11 is 63.1. The maximum Gasteiger partial charge on any atom is 0.324 e. The average Bonchev–Trinajstić information content (AvgIpc) is 2.55. The molecule has 0 heterocycles. The molecule has 176 valence electrons. The van der Waals surface area contributed by atoms with E-state index in [9.17, 15) is 0 Å². The first-order valence-electron chi connectivity index (χ1n) is 5.92. The lowest BCUT2D eigenvalue weighted by Crippen LogP contribution is -2.26. The number of rotatable bonds is 6. The van der Waals surface area contributed by atoms with Crippen molar-refractivity contribution in [1.29, 1.82) is 0 Å². The van der Waals surface area contributed by atoms with Gasteiger partial charge in [0.15, 0.2) is 13.0 Å². The molecule has 0 rings (SSSR count). The Labute approximate surface area is 223 Å². The molecule has 0 atom stereocenters. The number of hydrogen-bond acceptors (Lipinski definition) is 6. The molecule has 28 heavy (non-hydrogen) atoms. The highest BCUT2D eigenvalue weighted by Gasteiger charge is 2.32. The maximum absolute atomic E-state index is 8.33. The van der Waals surface area contributed by atoms with Gasteiger partial charge in [0, 0.05) is 0 Å². The van der Waals surface area contributed by atoms with Crippen molar-refractivity contribution in [2.24, 2.45) is 0 Å². The summed E-state index contributed by atoms with van der Waals surface area (Å²) in [6.45, 7) is -1.35. The van der Waals surface area contributed by atoms with Crippen molar-refractivity contribution in [2.45, 2.75) is 27.5 Å². The lowest BCUT2D eigenvalue weighted by molar-refractivity contribution is 0.283. The number of alkyl halides is 12. The molecule has 0 unspecified atom stereocenters. The molecule has 19 heteroatoms. The van der Waals surface area contributed by atoms with Crippen LogP contribution in [0.5, 0.6) is 0 Å². The Morgan fingerprint density at radius 3 is 0.607 bits per heavy atom. The zero-order chi connectivity index (χ0) is 23.9. The standard InChI is InChI=1S/3C3H4Cl4O.H3O3P/c3*4-2(5)3(6,7)1-8;1-4(2)3/h3*2,8H,1H2;1-3H. The minimum atomic E-state index is -2.62. The molecule has 0 aromatic rings. The Kier molecular flexibility index (Phi) is 27.9. The summed E-state index contributed by atoms with van der Waals surface area (Å²) < 4.78 is -4.28. The summed E-state index contributed by atoms with van der Waals surface area (Å²) in [5.41, 5.74) is 0. The molecule has 0 aliphatic heterocycles. The zero-order valence-corrected chi connectivity index (χ0v) is 23.0. The predicted octanol–water partition coefficient (Wildman–Crippen LogP) is 5.06. The quantitative estimate of drug-likeness (QED) is 0.173. The van der Waals surface area contributed by atoms with Gasteiger partial charge in [0.1, 0.15) is 14.5 Å². The first-order valence-corrected chi connectivity index (χ1v) is 12.0. The fourth-order valence-corrected chi connectivity index (χ4v) is 0.621. The molecular formula is C9H15Cl12O6P. The summed E-state index contributed by atoms with van der Waals surface area (Å²) in [7, 11) is -2.62. The second-order valence-electron chi connectivity index (χ2n) is 3.93. The molecule has 0 aromatic heterocycles. The monoisotopic (exact) mass is 670 g/mol. The molecule has 6 nitrogen and oxygen atoms in total. The molecule has 0 saturated carbocycles. The largest absolute Gasteiger partial charge is 0.393 e. The van der Waals surface area contributed by atoms with E-state index in [4.69, 9.17) is 169 Å². The van der Waals surface area contributed by atoms with E-state index in [0.29, 0.717) is 0 Å². The van der Waals surface area contributed by atoms with Gasteiger partial charge in [0.05, 0.1) is 19.8 Å². The Hall–Kier alpha value is 3.67. The third-order valence-electron chi connectivity index (χ3n) is 1.59. The first kappa shape index (κ1) is 38.9. The number of aliphatic hydroxyl groups excluding tert-OH is 3. The van der Waals surface area contributed by atoms with E-state index >= 15 is 0 Å². The zero-order valence-electron chi connectivity index (χ0n) is 13.0. The third kappa shape index (κ3) is 25.9. The fourth-order valence-electron chi connectivity index (χ4n) is 0.207. The van der Waals surface area contributed by atoms with Crippen LogP contribution < -0.4 is 0 Å². The van der Waals surface area contributed by atoms with Gasteiger partial charge in [0.25, 0.3) is 0 Å². The summed E-state index contributed by atoms with van der Waals surface area (Å²) in [6.07, 6.45) is 0. The smallest absolute Gasteiger partial charge is 0.324 e. The van der Waals surface area contributed by atoms with Gasteiger partial charge in [-0.2, -0.15) is 0 Å². The average molecular weight is 676 g/mol. The molecule has 0 bridgehead atoms. The van der Waals surface area contributed by atoms with Crippen LogP contribution in [0, 0.1) is 0 Å².